The van der Waals surface area contributed by atoms with Crippen LogP contribution in [0, 0.1) is 0 Å². The van der Waals surface area contributed by atoms with Crippen LogP contribution >= 0.6 is 0 Å². The molecule has 0 atom stereocenters. The van der Waals surface area contributed by atoms with E-state index in [0.717, 1.165) is 0 Å². The van der Waals surface area contributed by atoms with Gasteiger partial charge in [-0.25, -0.2) is 4.79 Å². The van der Waals surface area contributed by atoms with Gasteiger partial charge in [0.05, 0.1) is 18.5 Å². The first-order valence-electron chi connectivity index (χ1n) is 4.65. The van der Waals surface area contributed by atoms with Crippen LogP contribution in [0.25, 0.3) is 0 Å². The minimum atomic E-state index is -0.280. The number of hydrogen-bond donors (Lipinski definition) is 3. The number of ether oxygens (including phenoxy) is 1. The molecule has 0 aliphatic heterocycles. The van der Waals surface area contributed by atoms with Crippen molar-refractivity contribution >= 4 is 17.4 Å². The second kappa shape index (κ2) is 5.09. The van der Waals surface area contributed by atoms with Crippen LogP contribution < -0.4 is 21.1 Å². The molecule has 0 spiro atoms. The Morgan fingerprint density at radius 2 is 2.27 bits per heavy atom. The lowest BCUT2D eigenvalue weighted by atomic mass is 10.2. The summed E-state index contributed by atoms with van der Waals surface area (Å²) in [4.78, 5) is 11.2. The van der Waals surface area contributed by atoms with Crippen molar-refractivity contribution in [2.75, 3.05) is 24.7 Å². The molecule has 4 N–H and O–H groups in total. The number of methoxy groups -OCH3 is 1. The van der Waals surface area contributed by atoms with E-state index in [1.54, 1.807) is 25.3 Å². The summed E-state index contributed by atoms with van der Waals surface area (Å²) in [7, 11) is 1.56. The van der Waals surface area contributed by atoms with Gasteiger partial charge in [-0.3, -0.25) is 0 Å². The average Bonchev–Trinajstić information content (AvgIpc) is 2.21. The van der Waals surface area contributed by atoms with Crippen molar-refractivity contribution in [3.63, 3.8) is 0 Å². The zero-order valence-electron chi connectivity index (χ0n) is 8.83. The lowest BCUT2D eigenvalue weighted by molar-refractivity contribution is 0.252. The Balaban J connectivity index is 2.79. The number of nitrogen functional groups attached to an aromatic ring is 1. The lowest BCUT2D eigenvalue weighted by Crippen LogP contribution is -2.28. The molecule has 1 rings (SSSR count). The first kappa shape index (κ1) is 11.2. The van der Waals surface area contributed by atoms with Gasteiger partial charge >= 0.3 is 6.03 Å². The predicted molar refractivity (Wildman–Crippen MR) is 60.1 cm³/mol. The minimum absolute atomic E-state index is 0.280. The molecule has 0 aromatic heterocycles. The predicted octanol–water partition coefficient (Wildman–Crippen LogP) is 1.42. The molecule has 0 radical (unpaired) electrons. The molecule has 0 aliphatic carbocycles. The third-order valence-corrected chi connectivity index (χ3v) is 1.85. The highest BCUT2D eigenvalue weighted by atomic mass is 16.5. The van der Waals surface area contributed by atoms with Gasteiger partial charge < -0.3 is 21.1 Å². The van der Waals surface area contributed by atoms with Gasteiger partial charge in [-0.05, 0) is 19.1 Å². The quantitative estimate of drug-likeness (QED) is 0.659. The van der Waals surface area contributed by atoms with E-state index < -0.39 is 0 Å². The van der Waals surface area contributed by atoms with Crippen LogP contribution in [0.15, 0.2) is 18.2 Å². The van der Waals surface area contributed by atoms with Gasteiger partial charge in [0, 0.05) is 12.6 Å². The van der Waals surface area contributed by atoms with Crippen molar-refractivity contribution in [2.45, 2.75) is 6.92 Å². The summed E-state index contributed by atoms with van der Waals surface area (Å²) >= 11 is 0. The normalized spacial score (nSPS) is 9.47. The van der Waals surface area contributed by atoms with Gasteiger partial charge in [0.25, 0.3) is 0 Å². The van der Waals surface area contributed by atoms with Gasteiger partial charge in [0.1, 0.15) is 5.75 Å². The third-order valence-electron chi connectivity index (χ3n) is 1.85. The summed E-state index contributed by atoms with van der Waals surface area (Å²) in [5.41, 5.74) is 6.73. The molecule has 0 bridgehead atoms. The molecule has 5 heteroatoms. The van der Waals surface area contributed by atoms with Gasteiger partial charge in [0.15, 0.2) is 0 Å². The van der Waals surface area contributed by atoms with Crippen molar-refractivity contribution in [3.8, 4) is 5.75 Å². The fraction of sp³-hybridized carbons (Fsp3) is 0.300. The number of nitrogens with two attached hydrogens (primary N) is 1. The molecule has 82 valence electrons. The molecule has 0 fully saturated rings. The smallest absolute Gasteiger partial charge is 0.319 e. The molecular formula is C10H15N3O2. The van der Waals surface area contributed by atoms with E-state index in [0.29, 0.717) is 23.7 Å². The summed E-state index contributed by atoms with van der Waals surface area (Å²) in [5, 5.41) is 5.24. The molecule has 5 nitrogen and oxygen atoms in total. The Morgan fingerprint density at radius 1 is 1.53 bits per heavy atom. The molecule has 2 amide bonds. The number of hydrogen-bond acceptors (Lipinski definition) is 3. The van der Waals surface area contributed by atoms with Crippen LogP contribution in [0.2, 0.25) is 0 Å². The topological polar surface area (TPSA) is 76.4 Å². The summed E-state index contributed by atoms with van der Waals surface area (Å²) in [6, 6.07) is 4.81. The van der Waals surface area contributed by atoms with E-state index in [1.165, 1.54) is 0 Å². The highest BCUT2D eigenvalue weighted by Gasteiger charge is 2.04. The van der Waals surface area contributed by atoms with E-state index in [9.17, 15) is 4.79 Å². The number of rotatable bonds is 3. The van der Waals surface area contributed by atoms with Crippen LogP contribution in [0.4, 0.5) is 16.2 Å². The number of carbonyl (C=O) groups excluding carboxylic acids is 1. The van der Waals surface area contributed by atoms with Crippen LogP contribution in [0.3, 0.4) is 0 Å². The Hall–Kier alpha value is -1.91. The van der Waals surface area contributed by atoms with Crippen LogP contribution in [-0.4, -0.2) is 19.7 Å². The second-order valence-corrected chi connectivity index (χ2v) is 2.94. The number of urea groups is 1. The van der Waals surface area contributed by atoms with E-state index in [2.05, 4.69) is 10.6 Å². The number of benzene rings is 1. The highest BCUT2D eigenvalue weighted by Crippen LogP contribution is 2.23. The Morgan fingerprint density at radius 3 is 2.87 bits per heavy atom. The van der Waals surface area contributed by atoms with E-state index >= 15 is 0 Å². The first-order chi connectivity index (χ1) is 7.17. The molecule has 1 aromatic carbocycles. The Bertz CT molecular complexity index is 353. The van der Waals surface area contributed by atoms with Gasteiger partial charge in [-0.15, -0.1) is 0 Å². The molecule has 0 heterocycles. The highest BCUT2D eigenvalue weighted by molar-refractivity contribution is 5.92. The standard InChI is InChI=1S/C10H15N3O2/c1-3-12-10(14)13-9-6-7(15-2)4-5-8(9)11/h4-6H,3,11H2,1-2H3,(H2,12,13,14). The van der Waals surface area contributed by atoms with Crippen LogP contribution in [0.5, 0.6) is 5.75 Å². The van der Waals surface area contributed by atoms with E-state index in [1.807, 2.05) is 6.92 Å². The Labute approximate surface area is 88.6 Å². The SMILES string of the molecule is CCNC(=O)Nc1cc(OC)ccc1N. The average molecular weight is 209 g/mol. The first-order valence-corrected chi connectivity index (χ1v) is 4.65. The maximum absolute atomic E-state index is 11.2. The summed E-state index contributed by atoms with van der Waals surface area (Å²) in [5.74, 6) is 0.649. The van der Waals surface area contributed by atoms with Crippen LogP contribution in [0.1, 0.15) is 6.92 Å². The molecule has 0 aliphatic rings. The van der Waals surface area contributed by atoms with Gasteiger partial charge in [-0.2, -0.15) is 0 Å². The molecule has 1 aromatic rings. The Kier molecular flexibility index (Phi) is 3.79. The summed E-state index contributed by atoms with van der Waals surface area (Å²) in [6.07, 6.45) is 0. The lowest BCUT2D eigenvalue weighted by Gasteiger charge is -2.09. The number of nitrogens with one attached hydrogen (secondary N) is 2. The molecule has 15 heavy (non-hydrogen) atoms. The summed E-state index contributed by atoms with van der Waals surface area (Å²) in [6.45, 7) is 2.41. The fourth-order valence-corrected chi connectivity index (χ4v) is 1.10. The van der Waals surface area contributed by atoms with Gasteiger partial charge in [0.2, 0.25) is 0 Å². The third kappa shape index (κ3) is 3.05. The molecule has 0 saturated heterocycles. The molecular weight excluding hydrogens is 194 g/mol. The van der Waals surface area contributed by atoms with Gasteiger partial charge in [-0.1, -0.05) is 0 Å². The van der Waals surface area contributed by atoms with Crippen molar-refractivity contribution in [1.82, 2.24) is 5.32 Å². The van der Waals surface area contributed by atoms with E-state index in [-0.39, 0.29) is 6.03 Å². The number of carbonyl (C=O) groups is 1. The largest absolute Gasteiger partial charge is 0.497 e. The zero-order valence-corrected chi connectivity index (χ0v) is 8.83. The monoisotopic (exact) mass is 209 g/mol. The van der Waals surface area contributed by atoms with Crippen molar-refractivity contribution in [1.29, 1.82) is 0 Å². The maximum Gasteiger partial charge on any atom is 0.319 e. The van der Waals surface area contributed by atoms with Crippen molar-refractivity contribution in [2.24, 2.45) is 0 Å². The minimum Gasteiger partial charge on any atom is -0.497 e. The number of amides is 2. The maximum atomic E-state index is 11.2. The molecule has 0 saturated carbocycles. The van der Waals surface area contributed by atoms with Crippen molar-refractivity contribution < 1.29 is 9.53 Å². The van der Waals surface area contributed by atoms with Crippen LogP contribution in [-0.2, 0) is 0 Å². The second-order valence-electron chi connectivity index (χ2n) is 2.94. The fourth-order valence-electron chi connectivity index (χ4n) is 1.10. The molecule has 0 unspecified atom stereocenters. The number of anilines is 2. The van der Waals surface area contributed by atoms with Crippen molar-refractivity contribution in [3.05, 3.63) is 18.2 Å². The van der Waals surface area contributed by atoms with E-state index in [4.69, 9.17) is 10.5 Å². The zero-order chi connectivity index (χ0) is 11.3. The summed E-state index contributed by atoms with van der Waals surface area (Å²) < 4.78 is 5.02.